The van der Waals surface area contributed by atoms with Gasteiger partial charge in [0.05, 0.1) is 0 Å². The first-order valence-corrected chi connectivity index (χ1v) is 7.79. The maximum absolute atomic E-state index is 6.24. The molecule has 1 nitrogen and oxygen atoms in total. The van der Waals surface area contributed by atoms with Gasteiger partial charge in [0.15, 0.2) is 0 Å². The molecule has 102 valence electrons. The third-order valence-electron chi connectivity index (χ3n) is 4.77. The van der Waals surface area contributed by atoms with Crippen molar-refractivity contribution < 1.29 is 0 Å². The zero-order valence-corrected chi connectivity index (χ0v) is 12.2. The lowest BCUT2D eigenvalue weighted by Gasteiger charge is -2.37. The summed E-state index contributed by atoms with van der Waals surface area (Å²) in [6, 6.07) is 17.9. The van der Waals surface area contributed by atoms with Crippen LogP contribution >= 0.6 is 11.6 Å². The van der Waals surface area contributed by atoms with Gasteiger partial charge in [0.1, 0.15) is 0 Å². The highest BCUT2D eigenvalue weighted by Crippen LogP contribution is 2.44. The van der Waals surface area contributed by atoms with Gasteiger partial charge in [-0.1, -0.05) is 48.0 Å². The molecule has 2 heteroatoms. The minimum absolute atomic E-state index is 0.484. The predicted octanol–water partition coefficient (Wildman–Crippen LogP) is 4.62. The summed E-state index contributed by atoms with van der Waals surface area (Å²) in [5.74, 6) is 0.484. The molecule has 2 aliphatic rings. The van der Waals surface area contributed by atoms with Gasteiger partial charge in [0.2, 0.25) is 0 Å². The molecule has 20 heavy (non-hydrogen) atoms. The van der Waals surface area contributed by atoms with Crippen LogP contribution in [0.1, 0.15) is 41.5 Å². The Hall–Kier alpha value is -1.31. The Labute approximate surface area is 125 Å². The van der Waals surface area contributed by atoms with Gasteiger partial charge in [0.25, 0.3) is 0 Å². The maximum atomic E-state index is 6.24. The van der Waals surface area contributed by atoms with E-state index in [0.717, 1.165) is 11.6 Å². The van der Waals surface area contributed by atoms with Crippen molar-refractivity contribution in [1.82, 2.24) is 4.90 Å². The Morgan fingerprint density at radius 1 is 1.00 bits per heavy atom. The molecule has 0 amide bonds. The van der Waals surface area contributed by atoms with E-state index in [1.54, 1.807) is 0 Å². The van der Waals surface area contributed by atoms with Gasteiger partial charge in [-0.3, -0.25) is 4.90 Å². The molecule has 2 atom stereocenters. The third kappa shape index (κ3) is 1.97. The Morgan fingerprint density at radius 2 is 1.85 bits per heavy atom. The number of halogens is 1. The predicted molar refractivity (Wildman–Crippen MR) is 83.3 cm³/mol. The maximum Gasteiger partial charge on any atom is 0.0409 e. The van der Waals surface area contributed by atoms with Crippen molar-refractivity contribution in [2.75, 3.05) is 13.1 Å². The van der Waals surface area contributed by atoms with Gasteiger partial charge in [-0.25, -0.2) is 0 Å². The second-order valence-corrected chi connectivity index (χ2v) is 6.33. The lowest BCUT2D eigenvalue weighted by molar-refractivity contribution is 0.230. The molecule has 2 aromatic rings. The Morgan fingerprint density at radius 3 is 2.70 bits per heavy atom. The van der Waals surface area contributed by atoms with E-state index in [1.807, 2.05) is 6.07 Å². The molecule has 1 fully saturated rings. The molecule has 0 spiro atoms. The fraction of sp³-hybridized carbons (Fsp3) is 0.333. The first-order chi connectivity index (χ1) is 9.83. The molecule has 2 aromatic carbocycles. The van der Waals surface area contributed by atoms with Gasteiger partial charge in [0, 0.05) is 23.5 Å². The molecule has 0 saturated carbocycles. The van der Waals surface area contributed by atoms with Crippen molar-refractivity contribution in [3.8, 4) is 0 Å². The van der Waals surface area contributed by atoms with Crippen LogP contribution in [0.2, 0.25) is 5.02 Å². The van der Waals surface area contributed by atoms with E-state index >= 15 is 0 Å². The molecular weight excluding hydrogens is 266 g/mol. The average Bonchev–Trinajstić information content (AvgIpc) is 2.96. The highest BCUT2D eigenvalue weighted by atomic mass is 35.5. The van der Waals surface area contributed by atoms with Gasteiger partial charge in [-0.2, -0.15) is 0 Å². The topological polar surface area (TPSA) is 3.24 Å². The van der Waals surface area contributed by atoms with Crippen LogP contribution in [0, 0.1) is 0 Å². The van der Waals surface area contributed by atoms with Crippen molar-refractivity contribution in [2.45, 2.75) is 24.8 Å². The molecule has 0 radical (unpaired) electrons. The van der Waals surface area contributed by atoms with E-state index in [0.29, 0.717) is 12.0 Å². The van der Waals surface area contributed by atoms with Crippen LogP contribution in [0.4, 0.5) is 0 Å². The van der Waals surface area contributed by atoms with E-state index in [2.05, 4.69) is 47.4 Å². The lowest BCUT2D eigenvalue weighted by atomic mass is 9.82. The fourth-order valence-corrected chi connectivity index (χ4v) is 4.03. The highest BCUT2D eigenvalue weighted by Gasteiger charge is 2.36. The molecule has 0 aliphatic carbocycles. The lowest BCUT2D eigenvalue weighted by Crippen LogP contribution is -2.34. The van der Waals surface area contributed by atoms with Crippen LogP contribution in [0.15, 0.2) is 48.5 Å². The molecular formula is C18H18ClN. The quantitative estimate of drug-likeness (QED) is 0.738. The number of nitrogens with zero attached hydrogens (tertiary/aromatic N) is 1. The highest BCUT2D eigenvalue weighted by molar-refractivity contribution is 6.30. The van der Waals surface area contributed by atoms with Crippen molar-refractivity contribution in [3.63, 3.8) is 0 Å². The van der Waals surface area contributed by atoms with Gasteiger partial charge in [-0.15, -0.1) is 0 Å². The van der Waals surface area contributed by atoms with Crippen LogP contribution in [0.3, 0.4) is 0 Å². The number of hydrogen-bond donors (Lipinski definition) is 0. The summed E-state index contributed by atoms with van der Waals surface area (Å²) in [7, 11) is 0. The van der Waals surface area contributed by atoms with Crippen molar-refractivity contribution in [2.24, 2.45) is 0 Å². The largest absolute Gasteiger partial charge is 0.295 e. The average molecular weight is 284 g/mol. The molecule has 0 unspecified atom stereocenters. The van der Waals surface area contributed by atoms with Crippen LogP contribution in [0.5, 0.6) is 0 Å². The minimum atomic E-state index is 0.484. The van der Waals surface area contributed by atoms with Gasteiger partial charge < -0.3 is 0 Å². The monoisotopic (exact) mass is 283 g/mol. The van der Waals surface area contributed by atoms with E-state index in [1.165, 1.54) is 36.1 Å². The van der Waals surface area contributed by atoms with Crippen LogP contribution in [0.25, 0.3) is 0 Å². The van der Waals surface area contributed by atoms with Gasteiger partial charge >= 0.3 is 0 Å². The Balaban J connectivity index is 1.85. The second-order valence-electron chi connectivity index (χ2n) is 5.89. The summed E-state index contributed by atoms with van der Waals surface area (Å²) in [4.78, 5) is 2.64. The normalized spacial score (nSPS) is 25.2. The number of rotatable bonds is 1. The minimum Gasteiger partial charge on any atom is -0.295 e. The van der Waals surface area contributed by atoms with Crippen LogP contribution in [-0.4, -0.2) is 18.0 Å². The smallest absolute Gasteiger partial charge is 0.0409 e. The Bertz CT molecular complexity index is 623. The second kappa shape index (κ2) is 4.91. The summed E-state index contributed by atoms with van der Waals surface area (Å²) in [6.07, 6.45) is 2.58. The molecule has 0 bridgehead atoms. The van der Waals surface area contributed by atoms with Crippen molar-refractivity contribution in [3.05, 3.63) is 70.2 Å². The summed E-state index contributed by atoms with van der Waals surface area (Å²) >= 11 is 6.24. The zero-order valence-electron chi connectivity index (χ0n) is 11.4. The van der Waals surface area contributed by atoms with Crippen molar-refractivity contribution in [1.29, 1.82) is 0 Å². The summed E-state index contributed by atoms with van der Waals surface area (Å²) in [5.41, 5.74) is 4.35. The number of fused-ring (bicyclic) bond motifs is 3. The zero-order chi connectivity index (χ0) is 13.5. The molecule has 2 aliphatic heterocycles. The first kappa shape index (κ1) is 12.4. The summed E-state index contributed by atoms with van der Waals surface area (Å²) < 4.78 is 0. The molecule has 0 aromatic heterocycles. The number of benzene rings is 2. The first-order valence-electron chi connectivity index (χ1n) is 7.41. The van der Waals surface area contributed by atoms with E-state index in [4.69, 9.17) is 11.6 Å². The molecule has 1 saturated heterocycles. The SMILES string of the molecule is Clc1ccc2c(c1)[C@@H]1CCCN1C[C@H]2c1ccccc1. The van der Waals surface area contributed by atoms with Crippen LogP contribution in [-0.2, 0) is 0 Å². The summed E-state index contributed by atoms with van der Waals surface area (Å²) in [5, 5.41) is 0.865. The van der Waals surface area contributed by atoms with E-state index in [9.17, 15) is 0 Å². The molecule has 4 rings (SSSR count). The summed E-state index contributed by atoms with van der Waals surface area (Å²) in [6.45, 7) is 2.36. The molecule has 0 N–H and O–H groups in total. The van der Waals surface area contributed by atoms with Gasteiger partial charge in [-0.05, 0) is 48.2 Å². The van der Waals surface area contributed by atoms with E-state index < -0.39 is 0 Å². The fourth-order valence-electron chi connectivity index (χ4n) is 3.85. The van der Waals surface area contributed by atoms with Crippen molar-refractivity contribution >= 4 is 11.6 Å². The third-order valence-corrected chi connectivity index (χ3v) is 5.00. The van der Waals surface area contributed by atoms with E-state index in [-0.39, 0.29) is 0 Å². The van der Waals surface area contributed by atoms with Crippen LogP contribution < -0.4 is 0 Å². The molecule has 2 heterocycles. The standard InChI is InChI=1S/C18H18ClN/c19-14-8-9-15-16(11-14)18-7-4-10-20(18)12-17(15)13-5-2-1-3-6-13/h1-3,5-6,8-9,11,17-18H,4,7,10,12H2/t17-,18-/m0/s1. The Kier molecular flexibility index (Phi) is 3.05. The number of hydrogen-bond acceptors (Lipinski definition) is 1.